The van der Waals surface area contributed by atoms with Gasteiger partial charge in [-0.2, -0.15) is 9.65 Å². The number of rotatable bonds is 3. The lowest BCUT2D eigenvalue weighted by atomic mass is 10.1. The summed E-state index contributed by atoms with van der Waals surface area (Å²) in [6, 6.07) is 9.72. The Kier molecular flexibility index (Phi) is 4.49. The maximum atomic E-state index is 13.9. The molecule has 0 aliphatic carbocycles. The second-order valence-corrected chi connectivity index (χ2v) is 5.52. The van der Waals surface area contributed by atoms with Crippen LogP contribution in [0.4, 0.5) is 14.5 Å². The van der Waals surface area contributed by atoms with Crippen molar-refractivity contribution in [2.45, 2.75) is 6.54 Å². The number of halogens is 2. The molecule has 1 aliphatic heterocycles. The first-order valence-corrected chi connectivity index (χ1v) is 7.43. The molecular weight excluding hydrogens is 298 g/mol. The third-order valence-electron chi connectivity index (χ3n) is 4.02. The maximum Gasteiger partial charge on any atom is 0.214 e. The maximum absolute atomic E-state index is 13.9. The molecule has 0 radical (unpaired) electrons. The average Bonchev–Trinajstić information content (AvgIpc) is 2.57. The Morgan fingerprint density at radius 2 is 1.87 bits per heavy atom. The van der Waals surface area contributed by atoms with Crippen molar-refractivity contribution in [3.05, 3.63) is 59.4 Å². The molecule has 0 N–H and O–H groups in total. The number of benzene rings is 1. The van der Waals surface area contributed by atoms with Crippen LogP contribution in [0, 0.1) is 23.1 Å². The molecule has 2 heterocycles. The summed E-state index contributed by atoms with van der Waals surface area (Å²) in [5.41, 5.74) is 1.74. The average molecular weight is 314 g/mol. The Morgan fingerprint density at radius 1 is 1.09 bits per heavy atom. The molecule has 1 aromatic heterocycles. The van der Waals surface area contributed by atoms with Crippen LogP contribution in [0.5, 0.6) is 0 Å². The van der Waals surface area contributed by atoms with Gasteiger partial charge in [-0.3, -0.25) is 4.90 Å². The van der Waals surface area contributed by atoms with Crippen molar-refractivity contribution in [1.29, 1.82) is 5.26 Å². The van der Waals surface area contributed by atoms with Crippen molar-refractivity contribution in [1.82, 2.24) is 9.88 Å². The molecule has 118 valence electrons. The van der Waals surface area contributed by atoms with Crippen LogP contribution in [-0.4, -0.2) is 36.1 Å². The van der Waals surface area contributed by atoms with E-state index in [1.54, 1.807) is 18.2 Å². The number of nitrogens with zero attached hydrogens (tertiary/aromatic N) is 4. The predicted octanol–water partition coefficient (Wildman–Crippen LogP) is 2.55. The van der Waals surface area contributed by atoms with Gasteiger partial charge in [-0.25, -0.2) is 9.37 Å². The highest BCUT2D eigenvalue weighted by atomic mass is 19.1. The lowest BCUT2D eigenvalue weighted by Crippen LogP contribution is -2.46. The second-order valence-electron chi connectivity index (χ2n) is 5.52. The molecule has 2 aromatic rings. The van der Waals surface area contributed by atoms with Gasteiger partial charge < -0.3 is 4.90 Å². The standard InChI is InChI=1S/C17H16F2N4/c18-16-9-13(11-20)1-2-14(16)12-22-5-7-23(8-6-22)15-3-4-21-17(19)10-15/h1-4,9-10H,5-8,12H2. The van der Waals surface area contributed by atoms with Gasteiger partial charge in [0.2, 0.25) is 5.95 Å². The molecule has 0 unspecified atom stereocenters. The Balaban J connectivity index is 1.60. The van der Waals surface area contributed by atoms with Crippen LogP contribution in [0.3, 0.4) is 0 Å². The Labute approximate surface area is 133 Å². The van der Waals surface area contributed by atoms with Crippen LogP contribution in [0.15, 0.2) is 36.5 Å². The molecule has 3 rings (SSSR count). The van der Waals surface area contributed by atoms with Gasteiger partial charge in [0, 0.05) is 56.2 Å². The van der Waals surface area contributed by atoms with Crippen molar-refractivity contribution in [2.24, 2.45) is 0 Å². The highest BCUT2D eigenvalue weighted by Gasteiger charge is 2.19. The van der Waals surface area contributed by atoms with Gasteiger partial charge in [0.05, 0.1) is 11.6 Å². The third kappa shape index (κ3) is 3.63. The topological polar surface area (TPSA) is 43.2 Å². The van der Waals surface area contributed by atoms with Crippen LogP contribution >= 0.6 is 0 Å². The fourth-order valence-electron chi connectivity index (χ4n) is 2.74. The van der Waals surface area contributed by atoms with Gasteiger partial charge >= 0.3 is 0 Å². The van der Waals surface area contributed by atoms with Gasteiger partial charge in [0.15, 0.2) is 0 Å². The van der Waals surface area contributed by atoms with E-state index in [0.717, 1.165) is 31.9 Å². The van der Waals surface area contributed by atoms with Crippen molar-refractivity contribution >= 4 is 5.69 Å². The summed E-state index contributed by atoms with van der Waals surface area (Å²) >= 11 is 0. The summed E-state index contributed by atoms with van der Waals surface area (Å²) in [6.45, 7) is 3.55. The molecule has 1 saturated heterocycles. The number of hydrogen-bond acceptors (Lipinski definition) is 4. The SMILES string of the molecule is N#Cc1ccc(CN2CCN(c3ccnc(F)c3)CC2)c(F)c1. The van der Waals surface area contributed by atoms with Crippen LogP contribution in [0.25, 0.3) is 0 Å². The minimum Gasteiger partial charge on any atom is -0.369 e. The summed E-state index contributed by atoms with van der Waals surface area (Å²) in [6.07, 6.45) is 1.46. The Bertz CT molecular complexity index is 734. The third-order valence-corrected chi connectivity index (χ3v) is 4.02. The van der Waals surface area contributed by atoms with E-state index in [1.807, 2.05) is 6.07 Å². The van der Waals surface area contributed by atoms with E-state index < -0.39 is 5.95 Å². The van der Waals surface area contributed by atoms with E-state index in [0.29, 0.717) is 17.7 Å². The number of piperazine rings is 1. The second kappa shape index (κ2) is 6.71. The van der Waals surface area contributed by atoms with Gasteiger partial charge in [-0.1, -0.05) is 6.07 Å². The van der Waals surface area contributed by atoms with Crippen LogP contribution in [0.1, 0.15) is 11.1 Å². The number of aromatic nitrogens is 1. The quantitative estimate of drug-likeness (QED) is 0.817. The molecule has 23 heavy (non-hydrogen) atoms. The van der Waals surface area contributed by atoms with E-state index in [2.05, 4.69) is 14.8 Å². The van der Waals surface area contributed by atoms with Gasteiger partial charge in [0.1, 0.15) is 5.82 Å². The summed E-state index contributed by atoms with van der Waals surface area (Å²) in [5.74, 6) is -0.827. The molecule has 4 nitrogen and oxygen atoms in total. The number of hydrogen-bond donors (Lipinski definition) is 0. The first-order chi connectivity index (χ1) is 11.2. The minimum absolute atomic E-state index is 0.329. The normalized spacial score (nSPS) is 15.4. The Hall–Kier alpha value is -2.52. The highest BCUT2D eigenvalue weighted by Crippen LogP contribution is 2.18. The largest absolute Gasteiger partial charge is 0.369 e. The molecule has 0 bridgehead atoms. The molecule has 0 saturated carbocycles. The number of anilines is 1. The van der Waals surface area contributed by atoms with Crippen molar-refractivity contribution in [3.63, 3.8) is 0 Å². The molecule has 0 spiro atoms. The van der Waals surface area contributed by atoms with Crippen molar-refractivity contribution < 1.29 is 8.78 Å². The van der Waals surface area contributed by atoms with Crippen molar-refractivity contribution in [2.75, 3.05) is 31.1 Å². The van der Waals surface area contributed by atoms with Crippen LogP contribution < -0.4 is 4.90 Å². The summed E-state index contributed by atoms with van der Waals surface area (Å²) < 4.78 is 27.1. The number of nitriles is 1. The lowest BCUT2D eigenvalue weighted by molar-refractivity contribution is 0.246. The zero-order valence-corrected chi connectivity index (χ0v) is 12.5. The first-order valence-electron chi connectivity index (χ1n) is 7.43. The molecule has 1 fully saturated rings. The van der Waals surface area contributed by atoms with Crippen molar-refractivity contribution in [3.8, 4) is 6.07 Å². The van der Waals surface area contributed by atoms with Gasteiger partial charge in [0.25, 0.3) is 0 Å². The molecule has 1 aliphatic rings. The lowest BCUT2D eigenvalue weighted by Gasteiger charge is -2.36. The summed E-state index contributed by atoms with van der Waals surface area (Å²) in [5, 5.41) is 8.77. The summed E-state index contributed by atoms with van der Waals surface area (Å²) in [7, 11) is 0. The highest BCUT2D eigenvalue weighted by molar-refractivity contribution is 5.45. The summed E-state index contributed by atoms with van der Waals surface area (Å²) in [4.78, 5) is 7.81. The van der Waals surface area contributed by atoms with E-state index in [-0.39, 0.29) is 5.82 Å². The molecule has 6 heteroatoms. The zero-order chi connectivity index (χ0) is 16.2. The Morgan fingerprint density at radius 3 is 2.52 bits per heavy atom. The molecular formula is C17H16F2N4. The van der Waals surface area contributed by atoms with E-state index in [1.165, 1.54) is 18.3 Å². The molecule has 0 amide bonds. The first kappa shape index (κ1) is 15.4. The van der Waals surface area contributed by atoms with Crippen LogP contribution in [-0.2, 0) is 6.54 Å². The monoisotopic (exact) mass is 314 g/mol. The van der Waals surface area contributed by atoms with Gasteiger partial charge in [-0.15, -0.1) is 0 Å². The fraction of sp³-hybridized carbons (Fsp3) is 0.294. The van der Waals surface area contributed by atoms with E-state index >= 15 is 0 Å². The van der Waals surface area contributed by atoms with Gasteiger partial charge in [-0.05, 0) is 18.2 Å². The molecule has 0 atom stereocenters. The van der Waals surface area contributed by atoms with E-state index in [9.17, 15) is 8.78 Å². The van der Waals surface area contributed by atoms with E-state index in [4.69, 9.17) is 5.26 Å². The minimum atomic E-state index is -0.482. The smallest absolute Gasteiger partial charge is 0.214 e. The number of pyridine rings is 1. The zero-order valence-electron chi connectivity index (χ0n) is 12.5. The van der Waals surface area contributed by atoms with Crippen LogP contribution in [0.2, 0.25) is 0 Å². The molecule has 1 aromatic carbocycles. The predicted molar refractivity (Wildman–Crippen MR) is 82.8 cm³/mol. The fourth-order valence-corrected chi connectivity index (χ4v) is 2.74.